The topological polar surface area (TPSA) is 29.5 Å². The van der Waals surface area contributed by atoms with Crippen LogP contribution >= 0.6 is 11.8 Å². The lowest BCUT2D eigenvalue weighted by Gasteiger charge is -2.17. The van der Waals surface area contributed by atoms with Gasteiger partial charge in [0, 0.05) is 17.5 Å². The summed E-state index contributed by atoms with van der Waals surface area (Å²) in [7, 11) is 1.73. The first kappa shape index (κ1) is 16.4. The molecule has 2 rings (SSSR count). The Balaban J connectivity index is 1.84. The molecule has 0 saturated heterocycles. The highest BCUT2D eigenvalue weighted by Gasteiger charge is 2.11. The Hall–Kier alpha value is -2.01. The predicted molar refractivity (Wildman–Crippen MR) is 87.1 cm³/mol. The highest BCUT2D eigenvalue weighted by Crippen LogP contribution is 2.16. The van der Waals surface area contributed by atoms with E-state index in [0.29, 0.717) is 24.5 Å². The fourth-order valence-electron chi connectivity index (χ4n) is 1.89. The molecule has 0 saturated carbocycles. The molecule has 116 valence electrons. The smallest absolute Gasteiger partial charge is 0.253 e. The molecule has 1 amide bonds. The van der Waals surface area contributed by atoms with E-state index in [1.54, 1.807) is 35.8 Å². The molecule has 0 heterocycles. The number of ether oxygens (including phenoxy) is 1. The van der Waals surface area contributed by atoms with Crippen molar-refractivity contribution in [1.29, 1.82) is 0 Å². The molecule has 0 N–H and O–H groups in total. The van der Waals surface area contributed by atoms with E-state index in [1.807, 2.05) is 30.5 Å². The lowest BCUT2D eigenvalue weighted by atomic mass is 10.2. The molecule has 2 aromatic carbocycles. The molecule has 0 atom stereocenters. The quantitative estimate of drug-likeness (QED) is 0.760. The number of hydrogen-bond donors (Lipinski definition) is 0. The average molecular weight is 319 g/mol. The number of benzene rings is 2. The number of carbonyl (C=O) groups is 1. The van der Waals surface area contributed by atoms with Gasteiger partial charge in [-0.1, -0.05) is 0 Å². The molecule has 0 aromatic heterocycles. The van der Waals surface area contributed by atoms with E-state index in [-0.39, 0.29) is 11.7 Å². The van der Waals surface area contributed by atoms with Crippen molar-refractivity contribution in [3.8, 4) is 5.75 Å². The van der Waals surface area contributed by atoms with E-state index in [0.717, 1.165) is 4.90 Å². The number of carbonyl (C=O) groups excluding carboxylic acids is 1. The van der Waals surface area contributed by atoms with E-state index >= 15 is 0 Å². The largest absolute Gasteiger partial charge is 0.492 e. The highest BCUT2D eigenvalue weighted by atomic mass is 32.2. The molecule has 2 aromatic rings. The molecule has 0 fully saturated rings. The van der Waals surface area contributed by atoms with E-state index in [2.05, 4.69) is 0 Å². The number of hydrogen-bond acceptors (Lipinski definition) is 3. The molecule has 0 radical (unpaired) electrons. The standard InChI is InChI=1S/C17H18FNO2S/c1-19(11-12-21-15-7-5-14(18)6-8-15)17(20)13-3-9-16(22-2)10-4-13/h3-10H,11-12H2,1-2H3. The average Bonchev–Trinajstić information content (AvgIpc) is 2.56. The lowest BCUT2D eigenvalue weighted by molar-refractivity contribution is 0.0773. The summed E-state index contributed by atoms with van der Waals surface area (Å²) in [5.74, 6) is 0.246. The Morgan fingerprint density at radius 3 is 2.36 bits per heavy atom. The predicted octanol–water partition coefficient (Wildman–Crippen LogP) is 3.70. The van der Waals surface area contributed by atoms with Gasteiger partial charge in [-0.3, -0.25) is 4.79 Å². The van der Waals surface area contributed by atoms with Crippen LogP contribution in [0, 0.1) is 5.82 Å². The second-order valence-corrected chi connectivity index (χ2v) is 5.64. The van der Waals surface area contributed by atoms with Gasteiger partial charge in [0.05, 0.1) is 6.54 Å². The first-order valence-corrected chi connectivity index (χ1v) is 8.10. The molecule has 0 spiro atoms. The third-order valence-electron chi connectivity index (χ3n) is 3.19. The van der Waals surface area contributed by atoms with Crippen molar-refractivity contribution in [3.05, 3.63) is 59.9 Å². The summed E-state index contributed by atoms with van der Waals surface area (Å²) in [5, 5.41) is 0. The van der Waals surface area contributed by atoms with E-state index in [1.165, 1.54) is 12.1 Å². The van der Waals surface area contributed by atoms with Crippen molar-refractivity contribution in [3.63, 3.8) is 0 Å². The molecular formula is C17H18FNO2S. The maximum Gasteiger partial charge on any atom is 0.253 e. The van der Waals surface area contributed by atoms with Gasteiger partial charge >= 0.3 is 0 Å². The first-order valence-electron chi connectivity index (χ1n) is 6.88. The van der Waals surface area contributed by atoms with Crippen LogP contribution in [0.2, 0.25) is 0 Å². The molecule has 0 unspecified atom stereocenters. The van der Waals surface area contributed by atoms with Gasteiger partial charge in [-0.15, -0.1) is 11.8 Å². The van der Waals surface area contributed by atoms with Gasteiger partial charge in [-0.05, 0) is 54.8 Å². The number of likely N-dealkylation sites (N-methyl/N-ethyl adjacent to an activating group) is 1. The van der Waals surface area contributed by atoms with Crippen molar-refractivity contribution >= 4 is 17.7 Å². The fraction of sp³-hybridized carbons (Fsp3) is 0.235. The van der Waals surface area contributed by atoms with E-state index in [4.69, 9.17) is 4.74 Å². The van der Waals surface area contributed by atoms with Crippen molar-refractivity contribution < 1.29 is 13.9 Å². The minimum Gasteiger partial charge on any atom is -0.492 e. The number of amides is 1. The van der Waals surface area contributed by atoms with Gasteiger partial charge in [0.25, 0.3) is 5.91 Å². The van der Waals surface area contributed by atoms with Crippen LogP contribution in [0.4, 0.5) is 4.39 Å². The van der Waals surface area contributed by atoms with Crippen molar-refractivity contribution in [1.82, 2.24) is 4.90 Å². The fourth-order valence-corrected chi connectivity index (χ4v) is 2.30. The normalized spacial score (nSPS) is 10.3. The van der Waals surface area contributed by atoms with Crippen molar-refractivity contribution in [2.75, 3.05) is 26.5 Å². The lowest BCUT2D eigenvalue weighted by Crippen LogP contribution is -2.30. The minimum atomic E-state index is -0.298. The summed E-state index contributed by atoms with van der Waals surface area (Å²) in [6.45, 7) is 0.817. The molecule has 3 nitrogen and oxygen atoms in total. The molecule has 0 aliphatic carbocycles. The molecule has 22 heavy (non-hydrogen) atoms. The van der Waals surface area contributed by atoms with E-state index in [9.17, 15) is 9.18 Å². The van der Waals surface area contributed by atoms with Gasteiger partial charge in [-0.2, -0.15) is 0 Å². The van der Waals surface area contributed by atoms with Crippen molar-refractivity contribution in [2.45, 2.75) is 4.90 Å². The number of rotatable bonds is 6. The monoisotopic (exact) mass is 319 g/mol. The van der Waals surface area contributed by atoms with Crippen LogP contribution in [0.15, 0.2) is 53.4 Å². The van der Waals surface area contributed by atoms with Gasteiger partial charge in [0.1, 0.15) is 18.2 Å². The van der Waals surface area contributed by atoms with Crippen LogP contribution in [0.3, 0.4) is 0 Å². The molecule has 0 aliphatic heterocycles. The summed E-state index contributed by atoms with van der Waals surface area (Å²) >= 11 is 1.64. The van der Waals surface area contributed by atoms with Crippen LogP contribution in [-0.2, 0) is 0 Å². The minimum absolute atomic E-state index is 0.0460. The Bertz CT molecular complexity index is 614. The maximum absolute atomic E-state index is 12.8. The number of thioether (sulfide) groups is 1. The second kappa shape index (κ2) is 7.84. The van der Waals surface area contributed by atoms with Crippen molar-refractivity contribution in [2.24, 2.45) is 0 Å². The van der Waals surface area contributed by atoms with Crippen LogP contribution < -0.4 is 4.74 Å². The zero-order valence-corrected chi connectivity index (χ0v) is 13.4. The summed E-state index contributed by atoms with van der Waals surface area (Å²) in [6.07, 6.45) is 2.00. The van der Waals surface area contributed by atoms with Crippen LogP contribution in [0.5, 0.6) is 5.75 Å². The second-order valence-electron chi connectivity index (χ2n) is 4.76. The number of halogens is 1. The Labute approximate surface area is 134 Å². The summed E-state index contributed by atoms with van der Waals surface area (Å²) in [6, 6.07) is 13.3. The summed E-state index contributed by atoms with van der Waals surface area (Å²) in [4.78, 5) is 15.0. The van der Waals surface area contributed by atoms with Gasteiger partial charge in [0.2, 0.25) is 0 Å². The summed E-state index contributed by atoms with van der Waals surface area (Å²) < 4.78 is 18.3. The zero-order valence-electron chi connectivity index (χ0n) is 12.6. The Morgan fingerprint density at radius 1 is 1.14 bits per heavy atom. The van der Waals surface area contributed by atoms with Crippen LogP contribution in [-0.4, -0.2) is 37.3 Å². The number of nitrogens with zero attached hydrogens (tertiary/aromatic N) is 1. The molecule has 0 aliphatic rings. The van der Waals surface area contributed by atoms with Crippen LogP contribution in [0.25, 0.3) is 0 Å². The first-order chi connectivity index (χ1) is 10.6. The molecule has 0 bridgehead atoms. The van der Waals surface area contributed by atoms with Crippen LogP contribution in [0.1, 0.15) is 10.4 Å². The zero-order chi connectivity index (χ0) is 15.9. The molecular weight excluding hydrogens is 301 g/mol. The van der Waals surface area contributed by atoms with Gasteiger partial charge in [-0.25, -0.2) is 4.39 Å². The Morgan fingerprint density at radius 2 is 1.77 bits per heavy atom. The van der Waals surface area contributed by atoms with Gasteiger partial charge < -0.3 is 9.64 Å². The SMILES string of the molecule is CSc1ccc(C(=O)N(C)CCOc2ccc(F)cc2)cc1. The third-order valence-corrected chi connectivity index (χ3v) is 3.94. The maximum atomic E-state index is 12.8. The van der Waals surface area contributed by atoms with Gasteiger partial charge in [0.15, 0.2) is 0 Å². The highest BCUT2D eigenvalue weighted by molar-refractivity contribution is 7.98. The third kappa shape index (κ3) is 4.49. The Kier molecular flexibility index (Phi) is 5.83. The summed E-state index contributed by atoms with van der Waals surface area (Å²) in [5.41, 5.74) is 0.655. The van der Waals surface area contributed by atoms with E-state index < -0.39 is 0 Å². The molecule has 5 heteroatoms.